The summed E-state index contributed by atoms with van der Waals surface area (Å²) in [5, 5.41) is 0. The predicted molar refractivity (Wildman–Crippen MR) is 79.8 cm³/mol. The van der Waals surface area contributed by atoms with Crippen molar-refractivity contribution in [2.24, 2.45) is 16.7 Å². The molecule has 2 bridgehead atoms. The smallest absolute Gasteiger partial charge is 0.0813 e. The van der Waals surface area contributed by atoms with Crippen LogP contribution in [0.1, 0.15) is 44.9 Å². The Morgan fingerprint density at radius 2 is 2.17 bits per heavy atom. The first kappa shape index (κ1) is 13.1. The van der Waals surface area contributed by atoms with Crippen LogP contribution >= 0.6 is 27.3 Å². The van der Waals surface area contributed by atoms with Gasteiger partial charge in [-0.3, -0.25) is 0 Å². The van der Waals surface area contributed by atoms with E-state index in [0.717, 1.165) is 12.5 Å². The van der Waals surface area contributed by atoms with E-state index in [9.17, 15) is 0 Å². The molecule has 0 radical (unpaired) electrons. The highest BCUT2D eigenvalue weighted by Crippen LogP contribution is 2.66. The molecule has 1 aromatic rings. The summed E-state index contributed by atoms with van der Waals surface area (Å²) in [6.07, 6.45) is 4.44. The van der Waals surface area contributed by atoms with E-state index in [2.05, 4.69) is 48.8 Å². The minimum absolute atomic E-state index is 0.381. The second kappa shape index (κ2) is 4.32. The Bertz CT molecular complexity index is 453. The van der Waals surface area contributed by atoms with Gasteiger partial charge in [-0.1, -0.05) is 20.8 Å². The highest BCUT2D eigenvalue weighted by atomic mass is 79.9. The Balaban J connectivity index is 1.69. The third kappa shape index (κ3) is 1.82. The van der Waals surface area contributed by atoms with Crippen molar-refractivity contribution < 1.29 is 4.74 Å². The molecule has 2 aliphatic rings. The molecule has 2 saturated carbocycles. The van der Waals surface area contributed by atoms with Gasteiger partial charge in [0.2, 0.25) is 0 Å². The molecule has 3 atom stereocenters. The first-order chi connectivity index (χ1) is 8.43. The van der Waals surface area contributed by atoms with Crippen LogP contribution in [0.5, 0.6) is 0 Å². The lowest BCUT2D eigenvalue weighted by Gasteiger charge is -2.38. The monoisotopic (exact) mass is 328 g/mol. The fourth-order valence-corrected chi connectivity index (χ4v) is 5.40. The SMILES string of the molecule is CC1(C)C2CCC1(C)C(OCc1ccc(Br)s1)C2. The van der Waals surface area contributed by atoms with Crippen molar-refractivity contribution in [3.63, 3.8) is 0 Å². The quantitative estimate of drug-likeness (QED) is 0.737. The molecule has 2 aliphatic carbocycles. The van der Waals surface area contributed by atoms with E-state index in [0.29, 0.717) is 16.9 Å². The Kier molecular flexibility index (Phi) is 3.15. The Morgan fingerprint density at radius 3 is 2.67 bits per heavy atom. The average molecular weight is 329 g/mol. The third-order valence-electron chi connectivity index (χ3n) is 5.77. The Hall–Kier alpha value is 0.140. The lowest BCUT2D eigenvalue weighted by Crippen LogP contribution is -2.37. The average Bonchev–Trinajstić information content (AvgIpc) is 2.87. The van der Waals surface area contributed by atoms with Crippen LogP contribution in [0.3, 0.4) is 0 Å². The molecule has 1 aromatic heterocycles. The molecule has 1 heterocycles. The number of hydrogen-bond acceptors (Lipinski definition) is 2. The zero-order chi connectivity index (χ0) is 13.0. The van der Waals surface area contributed by atoms with Crippen molar-refractivity contribution >= 4 is 27.3 Å². The van der Waals surface area contributed by atoms with Crippen molar-refractivity contribution in [2.45, 2.75) is 52.7 Å². The second-order valence-corrected chi connectivity index (χ2v) is 9.16. The molecule has 0 saturated heterocycles. The lowest BCUT2D eigenvalue weighted by molar-refractivity contribution is -0.0541. The molecule has 18 heavy (non-hydrogen) atoms. The van der Waals surface area contributed by atoms with E-state index in [4.69, 9.17) is 4.74 Å². The van der Waals surface area contributed by atoms with Crippen molar-refractivity contribution in [3.8, 4) is 0 Å². The van der Waals surface area contributed by atoms with Gasteiger partial charge in [0.05, 0.1) is 16.5 Å². The topological polar surface area (TPSA) is 9.23 Å². The predicted octanol–water partition coefficient (Wildman–Crippen LogP) is 5.24. The fourth-order valence-electron chi connectivity index (χ4n) is 3.99. The van der Waals surface area contributed by atoms with Crippen molar-refractivity contribution in [2.75, 3.05) is 0 Å². The number of ether oxygens (including phenoxy) is 1. The summed E-state index contributed by atoms with van der Waals surface area (Å²) < 4.78 is 7.46. The maximum atomic E-state index is 6.26. The Labute approximate surface area is 122 Å². The van der Waals surface area contributed by atoms with Crippen LogP contribution in [-0.4, -0.2) is 6.10 Å². The van der Waals surface area contributed by atoms with Crippen LogP contribution in [0.25, 0.3) is 0 Å². The van der Waals surface area contributed by atoms with Crippen LogP contribution in [0.15, 0.2) is 15.9 Å². The highest BCUT2D eigenvalue weighted by Gasteiger charge is 2.61. The van der Waals surface area contributed by atoms with E-state index < -0.39 is 0 Å². The highest BCUT2D eigenvalue weighted by molar-refractivity contribution is 9.11. The van der Waals surface area contributed by atoms with Crippen LogP contribution in [0.2, 0.25) is 0 Å². The molecular weight excluding hydrogens is 308 g/mol. The van der Waals surface area contributed by atoms with Gasteiger partial charge in [0.15, 0.2) is 0 Å². The van der Waals surface area contributed by atoms with Gasteiger partial charge in [0, 0.05) is 4.88 Å². The maximum Gasteiger partial charge on any atom is 0.0813 e. The molecule has 0 aromatic carbocycles. The number of halogens is 1. The molecule has 3 heteroatoms. The normalized spacial score (nSPS) is 37.3. The first-order valence-electron chi connectivity index (χ1n) is 6.79. The third-order valence-corrected chi connectivity index (χ3v) is 7.37. The number of rotatable bonds is 3. The molecule has 0 spiro atoms. The lowest BCUT2D eigenvalue weighted by atomic mass is 9.70. The van der Waals surface area contributed by atoms with E-state index >= 15 is 0 Å². The van der Waals surface area contributed by atoms with Gasteiger partial charge in [0.1, 0.15) is 0 Å². The molecule has 3 unspecified atom stereocenters. The first-order valence-corrected chi connectivity index (χ1v) is 8.40. The zero-order valence-electron chi connectivity index (χ0n) is 11.3. The van der Waals surface area contributed by atoms with Gasteiger partial charge in [-0.2, -0.15) is 0 Å². The summed E-state index contributed by atoms with van der Waals surface area (Å²) in [6, 6.07) is 4.27. The summed E-state index contributed by atoms with van der Waals surface area (Å²) in [5.41, 5.74) is 0.833. The van der Waals surface area contributed by atoms with Gasteiger partial charge < -0.3 is 4.74 Å². The summed E-state index contributed by atoms with van der Waals surface area (Å²) in [4.78, 5) is 1.33. The van der Waals surface area contributed by atoms with E-state index in [1.54, 1.807) is 11.3 Å². The van der Waals surface area contributed by atoms with Crippen LogP contribution in [0, 0.1) is 16.7 Å². The minimum Gasteiger partial charge on any atom is -0.372 e. The zero-order valence-corrected chi connectivity index (χ0v) is 13.7. The number of fused-ring (bicyclic) bond motifs is 2. The largest absolute Gasteiger partial charge is 0.372 e. The van der Waals surface area contributed by atoms with Crippen molar-refractivity contribution in [1.29, 1.82) is 0 Å². The van der Waals surface area contributed by atoms with Crippen LogP contribution in [0.4, 0.5) is 0 Å². The standard InChI is InChI=1S/C15H21BrOS/c1-14(2)10-6-7-15(14,3)12(8-10)17-9-11-4-5-13(16)18-11/h4-5,10,12H,6-9H2,1-3H3. The molecule has 0 aliphatic heterocycles. The summed E-state index contributed by atoms with van der Waals surface area (Å²) in [6.45, 7) is 8.10. The number of thiophene rings is 1. The second-order valence-electron chi connectivity index (χ2n) is 6.62. The molecule has 0 N–H and O–H groups in total. The van der Waals surface area contributed by atoms with E-state index in [1.807, 2.05) is 0 Å². The molecule has 0 amide bonds. The maximum absolute atomic E-state index is 6.26. The molecule has 100 valence electrons. The summed E-state index contributed by atoms with van der Waals surface area (Å²) in [7, 11) is 0. The summed E-state index contributed by atoms with van der Waals surface area (Å²) in [5.74, 6) is 0.863. The van der Waals surface area contributed by atoms with Gasteiger partial charge in [0.25, 0.3) is 0 Å². The summed E-state index contributed by atoms with van der Waals surface area (Å²) >= 11 is 5.29. The number of hydrogen-bond donors (Lipinski definition) is 0. The molecule has 1 nitrogen and oxygen atoms in total. The van der Waals surface area contributed by atoms with Gasteiger partial charge in [-0.15, -0.1) is 11.3 Å². The van der Waals surface area contributed by atoms with E-state index in [1.165, 1.54) is 27.9 Å². The minimum atomic E-state index is 0.381. The van der Waals surface area contributed by atoms with Crippen LogP contribution in [-0.2, 0) is 11.3 Å². The van der Waals surface area contributed by atoms with Crippen molar-refractivity contribution in [3.05, 3.63) is 20.8 Å². The van der Waals surface area contributed by atoms with Crippen molar-refractivity contribution in [1.82, 2.24) is 0 Å². The molecule has 2 fully saturated rings. The van der Waals surface area contributed by atoms with Gasteiger partial charge in [-0.25, -0.2) is 0 Å². The van der Waals surface area contributed by atoms with Gasteiger partial charge >= 0.3 is 0 Å². The van der Waals surface area contributed by atoms with Gasteiger partial charge in [-0.05, 0) is 64.1 Å². The molecular formula is C15H21BrOS. The fraction of sp³-hybridized carbons (Fsp3) is 0.733. The van der Waals surface area contributed by atoms with Crippen LogP contribution < -0.4 is 0 Å². The van der Waals surface area contributed by atoms with E-state index in [-0.39, 0.29) is 0 Å². The molecule has 3 rings (SSSR count). The Morgan fingerprint density at radius 1 is 1.39 bits per heavy atom.